The number of nitrogens with one attached hydrogen (secondary N) is 1. The summed E-state index contributed by atoms with van der Waals surface area (Å²) in [5, 5.41) is 10.6. The van der Waals surface area contributed by atoms with Crippen LogP contribution in [0, 0.1) is 5.92 Å². The van der Waals surface area contributed by atoms with Crippen LogP contribution in [0.2, 0.25) is 5.02 Å². The topological polar surface area (TPSA) is 133 Å². The SMILES string of the molecule is CC(C)C(=O)N1CCC(N(C(=O)Cc2ccc(Cl)cc2)C(C)c2cccc(-c3ccccc3C(=O)NCCN)c2)CC1.O=C(O)C(F)(F)F. The van der Waals surface area contributed by atoms with Gasteiger partial charge in [-0.2, -0.15) is 13.2 Å². The Bertz CT molecular complexity index is 1590. The third kappa shape index (κ3) is 11.0. The number of likely N-dealkylation sites (tertiary alicyclic amines) is 1. The minimum atomic E-state index is -5.08. The van der Waals surface area contributed by atoms with E-state index in [2.05, 4.69) is 18.3 Å². The van der Waals surface area contributed by atoms with E-state index in [1.54, 1.807) is 12.1 Å². The van der Waals surface area contributed by atoms with E-state index in [0.29, 0.717) is 36.8 Å². The summed E-state index contributed by atoms with van der Waals surface area (Å²) in [4.78, 5) is 52.3. The molecule has 3 aromatic rings. The molecule has 13 heteroatoms. The Morgan fingerprint density at radius 3 is 2.16 bits per heavy atom. The van der Waals surface area contributed by atoms with Gasteiger partial charge in [0.25, 0.3) is 5.91 Å². The number of benzene rings is 3. The van der Waals surface area contributed by atoms with Crippen LogP contribution in [0.25, 0.3) is 11.1 Å². The van der Waals surface area contributed by atoms with Crippen molar-refractivity contribution in [1.82, 2.24) is 15.1 Å². The second-order valence-electron chi connectivity index (χ2n) is 12.0. The number of alkyl halides is 3. The first-order valence-corrected chi connectivity index (χ1v) is 16.3. The second kappa shape index (κ2) is 17.8. The van der Waals surface area contributed by atoms with E-state index in [0.717, 1.165) is 35.1 Å². The Labute approximate surface area is 289 Å². The molecule has 264 valence electrons. The molecule has 0 aromatic heterocycles. The van der Waals surface area contributed by atoms with E-state index in [-0.39, 0.29) is 42.1 Å². The van der Waals surface area contributed by atoms with E-state index in [9.17, 15) is 27.6 Å². The highest BCUT2D eigenvalue weighted by atomic mass is 35.5. The fourth-order valence-corrected chi connectivity index (χ4v) is 5.80. The molecule has 1 aliphatic rings. The number of carboxylic acid groups (broad SMARTS) is 1. The molecule has 1 heterocycles. The van der Waals surface area contributed by atoms with Gasteiger partial charge in [0.2, 0.25) is 11.8 Å². The third-order valence-corrected chi connectivity index (χ3v) is 8.41. The molecule has 1 atom stereocenters. The van der Waals surface area contributed by atoms with Gasteiger partial charge in [0, 0.05) is 48.7 Å². The van der Waals surface area contributed by atoms with Gasteiger partial charge < -0.3 is 26.0 Å². The lowest BCUT2D eigenvalue weighted by atomic mass is 9.93. The lowest BCUT2D eigenvalue weighted by molar-refractivity contribution is -0.192. The lowest BCUT2D eigenvalue weighted by Gasteiger charge is -2.42. The average Bonchev–Trinajstić information content (AvgIpc) is 3.08. The quantitative estimate of drug-likeness (QED) is 0.234. The first-order chi connectivity index (χ1) is 23.1. The minimum absolute atomic E-state index is 0.00556. The smallest absolute Gasteiger partial charge is 0.475 e. The number of piperidine rings is 1. The monoisotopic (exact) mass is 702 g/mol. The van der Waals surface area contributed by atoms with Gasteiger partial charge in [0.15, 0.2) is 0 Å². The average molecular weight is 703 g/mol. The number of halogens is 4. The van der Waals surface area contributed by atoms with Crippen LogP contribution < -0.4 is 11.1 Å². The molecule has 0 saturated carbocycles. The van der Waals surface area contributed by atoms with Gasteiger partial charge in [-0.25, -0.2) is 4.79 Å². The van der Waals surface area contributed by atoms with Crippen LogP contribution in [0.15, 0.2) is 72.8 Å². The zero-order valence-electron chi connectivity index (χ0n) is 27.7. The predicted molar refractivity (Wildman–Crippen MR) is 182 cm³/mol. The number of carboxylic acids is 1. The van der Waals surface area contributed by atoms with Gasteiger partial charge in [-0.3, -0.25) is 14.4 Å². The maximum atomic E-state index is 14.0. The van der Waals surface area contributed by atoms with Crippen molar-refractivity contribution in [3.8, 4) is 11.1 Å². The van der Waals surface area contributed by atoms with Gasteiger partial charge in [-0.15, -0.1) is 0 Å². The largest absolute Gasteiger partial charge is 0.490 e. The molecule has 0 aliphatic carbocycles. The Hall–Kier alpha value is -4.42. The van der Waals surface area contributed by atoms with Crippen LogP contribution in [-0.2, 0) is 20.8 Å². The van der Waals surface area contributed by atoms with Crippen LogP contribution in [-0.4, -0.2) is 77.0 Å². The zero-order valence-corrected chi connectivity index (χ0v) is 28.4. The number of hydrogen-bond donors (Lipinski definition) is 3. The number of rotatable bonds is 10. The fourth-order valence-electron chi connectivity index (χ4n) is 5.67. The first kappa shape index (κ1) is 39.0. The van der Waals surface area contributed by atoms with Crippen molar-refractivity contribution in [2.45, 2.75) is 58.3 Å². The van der Waals surface area contributed by atoms with E-state index in [4.69, 9.17) is 27.2 Å². The zero-order chi connectivity index (χ0) is 36.3. The van der Waals surface area contributed by atoms with Crippen molar-refractivity contribution in [3.05, 3.63) is 94.5 Å². The molecule has 1 unspecified atom stereocenters. The summed E-state index contributed by atoms with van der Waals surface area (Å²) in [7, 11) is 0. The van der Waals surface area contributed by atoms with E-state index < -0.39 is 12.1 Å². The Morgan fingerprint density at radius 1 is 0.980 bits per heavy atom. The molecule has 9 nitrogen and oxygen atoms in total. The van der Waals surface area contributed by atoms with Crippen molar-refractivity contribution in [1.29, 1.82) is 0 Å². The van der Waals surface area contributed by atoms with Crippen LogP contribution in [0.4, 0.5) is 13.2 Å². The summed E-state index contributed by atoms with van der Waals surface area (Å²) in [5.41, 5.74) is 9.77. The van der Waals surface area contributed by atoms with Gasteiger partial charge in [0.05, 0.1) is 12.5 Å². The Morgan fingerprint density at radius 2 is 1.59 bits per heavy atom. The van der Waals surface area contributed by atoms with Gasteiger partial charge in [-0.1, -0.05) is 74.0 Å². The number of nitrogens with zero attached hydrogens (tertiary/aromatic N) is 2. The summed E-state index contributed by atoms with van der Waals surface area (Å²) in [6, 6.07) is 22.7. The number of nitrogens with two attached hydrogens (primary N) is 1. The van der Waals surface area contributed by atoms with Crippen molar-refractivity contribution < 1.29 is 37.5 Å². The highest BCUT2D eigenvalue weighted by molar-refractivity contribution is 6.30. The number of carbonyl (C=O) groups excluding carboxylic acids is 3. The van der Waals surface area contributed by atoms with Crippen LogP contribution in [0.5, 0.6) is 0 Å². The van der Waals surface area contributed by atoms with Gasteiger partial charge in [-0.05, 0) is 66.3 Å². The van der Waals surface area contributed by atoms with Crippen LogP contribution in [0.1, 0.15) is 61.1 Å². The molecular formula is C36H42ClF3N4O5. The molecule has 0 spiro atoms. The third-order valence-electron chi connectivity index (χ3n) is 8.16. The molecule has 0 radical (unpaired) electrons. The summed E-state index contributed by atoms with van der Waals surface area (Å²) in [6.45, 7) is 7.93. The number of carbonyl (C=O) groups is 4. The highest BCUT2D eigenvalue weighted by Crippen LogP contribution is 2.32. The predicted octanol–water partition coefficient (Wildman–Crippen LogP) is 6.11. The first-order valence-electron chi connectivity index (χ1n) is 16.0. The molecule has 0 bridgehead atoms. The van der Waals surface area contributed by atoms with Gasteiger partial charge >= 0.3 is 12.1 Å². The lowest BCUT2D eigenvalue weighted by Crippen LogP contribution is -2.50. The maximum Gasteiger partial charge on any atom is 0.490 e. The van der Waals surface area contributed by atoms with E-state index >= 15 is 0 Å². The van der Waals surface area contributed by atoms with E-state index in [1.807, 2.05) is 78.2 Å². The highest BCUT2D eigenvalue weighted by Gasteiger charge is 2.38. The Balaban J connectivity index is 0.000000838. The summed E-state index contributed by atoms with van der Waals surface area (Å²) < 4.78 is 31.7. The molecule has 49 heavy (non-hydrogen) atoms. The van der Waals surface area contributed by atoms with Crippen molar-refractivity contribution in [2.24, 2.45) is 11.7 Å². The summed E-state index contributed by atoms with van der Waals surface area (Å²) >= 11 is 6.09. The van der Waals surface area contributed by atoms with E-state index in [1.165, 1.54) is 0 Å². The molecule has 3 amide bonds. The molecule has 1 fully saturated rings. The minimum Gasteiger partial charge on any atom is -0.475 e. The normalized spacial score (nSPS) is 14.0. The van der Waals surface area contributed by atoms with Crippen molar-refractivity contribution in [2.75, 3.05) is 26.2 Å². The van der Waals surface area contributed by atoms with Crippen molar-refractivity contribution in [3.63, 3.8) is 0 Å². The van der Waals surface area contributed by atoms with Gasteiger partial charge in [0.1, 0.15) is 0 Å². The number of aliphatic carboxylic acids is 1. The van der Waals surface area contributed by atoms with Crippen LogP contribution in [0.3, 0.4) is 0 Å². The number of hydrogen-bond acceptors (Lipinski definition) is 5. The molecule has 4 rings (SSSR count). The molecule has 4 N–H and O–H groups in total. The van der Waals surface area contributed by atoms with Crippen LogP contribution >= 0.6 is 11.6 Å². The maximum absolute atomic E-state index is 14.0. The molecule has 1 saturated heterocycles. The Kier molecular flexibility index (Phi) is 14.2. The van der Waals surface area contributed by atoms with Crippen molar-refractivity contribution >= 4 is 35.3 Å². The standard InChI is InChI=1S/C34H41ClN4O3.C2HF3O2/c1-23(2)34(42)38-19-15-29(16-20-38)39(32(40)21-25-11-13-28(35)14-12-25)24(3)26-7-6-8-27(22-26)30-9-4-5-10-31(30)33(41)37-18-17-36;3-2(4,5)1(6)7/h4-14,22-24,29H,15-21,36H2,1-3H3,(H,37,41);(H,6,7). The second-order valence-corrected chi connectivity index (χ2v) is 12.4. The molecule has 3 aromatic carbocycles. The number of amides is 3. The fraction of sp³-hybridized carbons (Fsp3) is 0.389. The molecule has 1 aliphatic heterocycles. The summed E-state index contributed by atoms with van der Waals surface area (Å²) in [6.07, 6.45) is -3.38. The summed E-state index contributed by atoms with van der Waals surface area (Å²) in [5.74, 6) is -2.79. The molecular weight excluding hydrogens is 661 g/mol.